The van der Waals surface area contributed by atoms with E-state index in [1.54, 1.807) is 0 Å². The van der Waals surface area contributed by atoms with Gasteiger partial charge in [0.15, 0.2) is 0 Å². The van der Waals surface area contributed by atoms with Crippen LogP contribution in [0.15, 0.2) is 23.8 Å². The fourth-order valence-electron chi connectivity index (χ4n) is 1.19. The molecular weight excluding hydrogens is 196 g/mol. The number of benzene rings is 1. The van der Waals surface area contributed by atoms with Crippen LogP contribution in [0.3, 0.4) is 0 Å². The number of hydrogen-bond acceptors (Lipinski definition) is 1. The summed E-state index contributed by atoms with van der Waals surface area (Å²) in [6.07, 6.45) is 2.84. The second kappa shape index (κ2) is 5.18. The lowest BCUT2D eigenvalue weighted by molar-refractivity contribution is 0.329. The Hall–Kier alpha value is -0.790. The monoisotopic (exact) mass is 210 g/mol. The molecule has 0 aliphatic heterocycles. The highest BCUT2D eigenvalue weighted by Gasteiger charge is 1.97. The molecule has 1 aromatic carbocycles. The zero-order chi connectivity index (χ0) is 10.6. The number of aryl methyl sites for hydroxylation is 1. The van der Waals surface area contributed by atoms with Crippen molar-refractivity contribution in [2.45, 2.75) is 20.3 Å². The van der Waals surface area contributed by atoms with E-state index in [-0.39, 0.29) is 6.61 Å². The summed E-state index contributed by atoms with van der Waals surface area (Å²) in [4.78, 5) is 0. The topological polar surface area (TPSA) is 20.2 Å². The highest BCUT2D eigenvalue weighted by Crippen LogP contribution is 2.18. The first-order chi connectivity index (χ1) is 6.67. The molecule has 0 bridgehead atoms. The molecule has 0 fully saturated rings. The van der Waals surface area contributed by atoms with E-state index in [0.29, 0.717) is 0 Å². The lowest BCUT2D eigenvalue weighted by Crippen LogP contribution is -1.88. The van der Waals surface area contributed by atoms with Crippen molar-refractivity contribution in [3.63, 3.8) is 0 Å². The number of aliphatic hydroxyl groups excluding tert-OH is 1. The second-order valence-electron chi connectivity index (χ2n) is 3.32. The summed E-state index contributed by atoms with van der Waals surface area (Å²) >= 11 is 5.99. The maximum Gasteiger partial charge on any atom is 0.0644 e. The SMILES string of the molecule is CC/C(=C/c1ccc(C)c(Cl)c1)CO. The van der Waals surface area contributed by atoms with Gasteiger partial charge in [0, 0.05) is 5.02 Å². The summed E-state index contributed by atoms with van der Waals surface area (Å²) in [5, 5.41) is 9.78. The molecule has 76 valence electrons. The van der Waals surface area contributed by atoms with Gasteiger partial charge in [-0.2, -0.15) is 0 Å². The predicted octanol–water partition coefficient (Wildman–Crippen LogP) is 3.43. The highest BCUT2D eigenvalue weighted by atomic mass is 35.5. The minimum Gasteiger partial charge on any atom is -0.392 e. The number of rotatable bonds is 3. The smallest absolute Gasteiger partial charge is 0.0644 e. The lowest BCUT2D eigenvalue weighted by atomic mass is 10.1. The average Bonchev–Trinajstić information content (AvgIpc) is 2.19. The summed E-state index contributed by atoms with van der Waals surface area (Å²) in [6, 6.07) is 5.91. The first-order valence-electron chi connectivity index (χ1n) is 4.73. The molecule has 0 aliphatic rings. The van der Waals surface area contributed by atoms with Gasteiger partial charge in [0.1, 0.15) is 0 Å². The van der Waals surface area contributed by atoms with Crippen LogP contribution in [0.1, 0.15) is 24.5 Å². The maximum absolute atomic E-state index is 9.01. The maximum atomic E-state index is 9.01. The van der Waals surface area contributed by atoms with Gasteiger partial charge in [-0.1, -0.05) is 36.7 Å². The minimum absolute atomic E-state index is 0.113. The Balaban J connectivity index is 2.97. The third-order valence-electron chi connectivity index (χ3n) is 2.22. The molecule has 0 aliphatic carbocycles. The highest BCUT2D eigenvalue weighted by molar-refractivity contribution is 6.31. The van der Waals surface area contributed by atoms with E-state index in [4.69, 9.17) is 16.7 Å². The van der Waals surface area contributed by atoms with E-state index in [9.17, 15) is 0 Å². The van der Waals surface area contributed by atoms with Crippen LogP contribution < -0.4 is 0 Å². The third kappa shape index (κ3) is 2.86. The molecular formula is C12H15ClO. The Morgan fingerprint density at radius 3 is 2.71 bits per heavy atom. The van der Waals surface area contributed by atoms with Crippen LogP contribution in [0.2, 0.25) is 5.02 Å². The molecule has 1 nitrogen and oxygen atoms in total. The average molecular weight is 211 g/mol. The van der Waals surface area contributed by atoms with Crippen molar-refractivity contribution in [3.05, 3.63) is 39.9 Å². The van der Waals surface area contributed by atoms with Gasteiger partial charge < -0.3 is 5.11 Å². The summed E-state index contributed by atoms with van der Waals surface area (Å²) in [7, 11) is 0. The molecule has 0 unspecified atom stereocenters. The van der Waals surface area contributed by atoms with E-state index in [1.165, 1.54) is 0 Å². The second-order valence-corrected chi connectivity index (χ2v) is 3.73. The van der Waals surface area contributed by atoms with Crippen LogP contribution in [0.25, 0.3) is 6.08 Å². The fraction of sp³-hybridized carbons (Fsp3) is 0.333. The first-order valence-corrected chi connectivity index (χ1v) is 5.11. The van der Waals surface area contributed by atoms with E-state index in [0.717, 1.165) is 28.1 Å². The van der Waals surface area contributed by atoms with Gasteiger partial charge in [-0.25, -0.2) is 0 Å². The molecule has 1 aromatic rings. The normalized spacial score (nSPS) is 11.9. The van der Waals surface area contributed by atoms with Gasteiger partial charge in [-0.15, -0.1) is 0 Å². The van der Waals surface area contributed by atoms with Gasteiger partial charge in [0.2, 0.25) is 0 Å². The molecule has 0 saturated heterocycles. The van der Waals surface area contributed by atoms with E-state index < -0.39 is 0 Å². The lowest BCUT2D eigenvalue weighted by Gasteiger charge is -2.02. The van der Waals surface area contributed by atoms with Gasteiger partial charge in [0.25, 0.3) is 0 Å². The summed E-state index contributed by atoms with van der Waals surface area (Å²) < 4.78 is 0. The van der Waals surface area contributed by atoms with Crippen LogP contribution >= 0.6 is 11.6 Å². The molecule has 0 heterocycles. The molecule has 14 heavy (non-hydrogen) atoms. The Bertz CT molecular complexity index is 336. The molecule has 0 atom stereocenters. The first kappa shape index (κ1) is 11.3. The quantitative estimate of drug-likeness (QED) is 0.811. The van der Waals surface area contributed by atoms with Crippen LogP contribution in [-0.4, -0.2) is 11.7 Å². The van der Waals surface area contributed by atoms with Crippen molar-refractivity contribution in [3.8, 4) is 0 Å². The molecule has 0 amide bonds. The van der Waals surface area contributed by atoms with Crippen LogP contribution in [-0.2, 0) is 0 Å². The van der Waals surface area contributed by atoms with Crippen molar-refractivity contribution in [2.75, 3.05) is 6.61 Å². The largest absolute Gasteiger partial charge is 0.392 e. The molecule has 1 N–H and O–H groups in total. The molecule has 0 saturated carbocycles. The van der Waals surface area contributed by atoms with Crippen molar-refractivity contribution in [1.29, 1.82) is 0 Å². The molecule has 2 heteroatoms. The van der Waals surface area contributed by atoms with Crippen molar-refractivity contribution < 1.29 is 5.11 Å². The standard InChI is InChI=1S/C12H15ClO/c1-3-10(8-14)6-11-5-4-9(2)12(13)7-11/h4-7,14H,3,8H2,1-2H3/b10-6-. The van der Waals surface area contributed by atoms with Crippen LogP contribution in [0, 0.1) is 6.92 Å². The molecule has 0 aromatic heterocycles. The summed E-state index contributed by atoms with van der Waals surface area (Å²) in [6.45, 7) is 4.11. The summed E-state index contributed by atoms with van der Waals surface area (Å²) in [5.41, 5.74) is 3.14. The van der Waals surface area contributed by atoms with Crippen molar-refractivity contribution in [1.82, 2.24) is 0 Å². The third-order valence-corrected chi connectivity index (χ3v) is 2.63. The Morgan fingerprint density at radius 2 is 2.21 bits per heavy atom. The van der Waals surface area contributed by atoms with E-state index in [1.807, 2.05) is 38.1 Å². The van der Waals surface area contributed by atoms with Gasteiger partial charge in [-0.05, 0) is 36.1 Å². The van der Waals surface area contributed by atoms with Crippen molar-refractivity contribution in [2.24, 2.45) is 0 Å². The van der Waals surface area contributed by atoms with Gasteiger partial charge >= 0.3 is 0 Å². The zero-order valence-corrected chi connectivity index (χ0v) is 9.30. The fourth-order valence-corrected chi connectivity index (χ4v) is 1.38. The number of hydrogen-bond donors (Lipinski definition) is 1. The molecule has 0 spiro atoms. The number of aliphatic hydroxyl groups is 1. The van der Waals surface area contributed by atoms with E-state index >= 15 is 0 Å². The van der Waals surface area contributed by atoms with Crippen molar-refractivity contribution >= 4 is 17.7 Å². The Morgan fingerprint density at radius 1 is 1.50 bits per heavy atom. The Labute approximate surface area is 90.0 Å². The van der Waals surface area contributed by atoms with Gasteiger partial charge in [0.05, 0.1) is 6.61 Å². The zero-order valence-electron chi connectivity index (χ0n) is 8.55. The summed E-state index contributed by atoms with van der Waals surface area (Å²) in [5.74, 6) is 0. The Kier molecular flexibility index (Phi) is 4.18. The van der Waals surface area contributed by atoms with Crippen LogP contribution in [0.5, 0.6) is 0 Å². The minimum atomic E-state index is 0.113. The predicted molar refractivity (Wildman–Crippen MR) is 61.5 cm³/mol. The molecule has 1 rings (SSSR count). The van der Waals surface area contributed by atoms with Gasteiger partial charge in [-0.3, -0.25) is 0 Å². The van der Waals surface area contributed by atoms with Crippen LogP contribution in [0.4, 0.5) is 0 Å². The number of halogens is 1. The van der Waals surface area contributed by atoms with E-state index in [2.05, 4.69) is 0 Å². The molecule has 0 radical (unpaired) electrons.